The van der Waals surface area contributed by atoms with Gasteiger partial charge in [-0.3, -0.25) is 9.78 Å². The van der Waals surface area contributed by atoms with Gasteiger partial charge in [-0.1, -0.05) is 6.07 Å². The first-order valence-corrected chi connectivity index (χ1v) is 9.12. The highest BCUT2D eigenvalue weighted by Gasteiger charge is 2.41. The van der Waals surface area contributed by atoms with Crippen molar-refractivity contribution in [1.29, 1.82) is 0 Å². The van der Waals surface area contributed by atoms with Gasteiger partial charge in [-0.15, -0.1) is 0 Å². The third-order valence-electron chi connectivity index (χ3n) is 5.24. The van der Waals surface area contributed by atoms with Crippen molar-refractivity contribution in [2.45, 2.75) is 37.3 Å². The van der Waals surface area contributed by atoms with Gasteiger partial charge in [0.1, 0.15) is 5.69 Å². The number of hydrogen-bond donors (Lipinski definition) is 1. The maximum atomic E-state index is 12.6. The molecule has 0 bridgehead atoms. The summed E-state index contributed by atoms with van der Waals surface area (Å²) in [5.41, 5.74) is 0.347. The number of anilines is 1. The summed E-state index contributed by atoms with van der Waals surface area (Å²) in [7, 11) is 0. The lowest BCUT2D eigenvalue weighted by atomic mass is 9.82. The number of nitrogens with one attached hydrogen (secondary N) is 1. The van der Waals surface area contributed by atoms with E-state index in [1.165, 1.54) is 0 Å². The quantitative estimate of drug-likeness (QED) is 0.911. The van der Waals surface area contributed by atoms with Gasteiger partial charge in [0, 0.05) is 44.3 Å². The van der Waals surface area contributed by atoms with Gasteiger partial charge in [0.25, 0.3) is 5.91 Å². The smallest absolute Gasteiger partial charge is 0.272 e. The standard InChI is InChI=1S/C19H23N5O2/c25-17(16-4-1-2-8-20-16)24-11-6-19(7-12-24)14-15(5-13-26-19)23-18-21-9-3-10-22-18/h1-4,8-10,15H,5-7,11-14H2,(H,21,22,23). The van der Waals surface area contributed by atoms with Crippen molar-refractivity contribution in [3.63, 3.8) is 0 Å². The summed E-state index contributed by atoms with van der Waals surface area (Å²) in [5, 5.41) is 3.42. The molecule has 0 saturated carbocycles. The molecule has 1 unspecified atom stereocenters. The molecule has 1 spiro atoms. The molecule has 2 aromatic heterocycles. The topological polar surface area (TPSA) is 80.2 Å². The highest BCUT2D eigenvalue weighted by Crippen LogP contribution is 2.36. The van der Waals surface area contributed by atoms with E-state index in [0.29, 0.717) is 30.8 Å². The van der Waals surface area contributed by atoms with E-state index < -0.39 is 0 Å². The molecule has 136 valence electrons. The molecule has 1 amide bonds. The van der Waals surface area contributed by atoms with Crippen molar-refractivity contribution >= 4 is 11.9 Å². The summed E-state index contributed by atoms with van der Waals surface area (Å²) in [6.45, 7) is 2.12. The molecule has 2 aliphatic rings. The van der Waals surface area contributed by atoms with Crippen molar-refractivity contribution in [2.75, 3.05) is 25.0 Å². The van der Waals surface area contributed by atoms with Crippen LogP contribution in [0.4, 0.5) is 5.95 Å². The molecule has 2 aromatic rings. The molecule has 4 rings (SSSR count). The van der Waals surface area contributed by atoms with E-state index in [2.05, 4.69) is 20.3 Å². The number of likely N-dealkylation sites (tertiary alicyclic amines) is 1. The predicted octanol–water partition coefficient (Wildman–Crippen LogP) is 2.14. The average Bonchev–Trinajstić information content (AvgIpc) is 2.70. The number of pyridine rings is 1. The maximum Gasteiger partial charge on any atom is 0.272 e. The molecule has 2 aliphatic heterocycles. The molecule has 2 saturated heterocycles. The van der Waals surface area contributed by atoms with Crippen molar-refractivity contribution < 1.29 is 9.53 Å². The molecular formula is C19H23N5O2. The second-order valence-electron chi connectivity index (χ2n) is 6.95. The van der Waals surface area contributed by atoms with Gasteiger partial charge in [0.2, 0.25) is 5.95 Å². The number of hydrogen-bond acceptors (Lipinski definition) is 6. The van der Waals surface area contributed by atoms with E-state index in [1.54, 1.807) is 24.7 Å². The zero-order valence-corrected chi connectivity index (χ0v) is 14.7. The molecule has 7 heteroatoms. The molecule has 1 N–H and O–H groups in total. The zero-order valence-electron chi connectivity index (χ0n) is 14.7. The van der Waals surface area contributed by atoms with Gasteiger partial charge in [0.05, 0.1) is 5.60 Å². The monoisotopic (exact) mass is 353 g/mol. The summed E-state index contributed by atoms with van der Waals surface area (Å²) in [5.74, 6) is 0.668. The minimum Gasteiger partial charge on any atom is -0.375 e. The van der Waals surface area contributed by atoms with Crippen LogP contribution in [0.5, 0.6) is 0 Å². The minimum absolute atomic E-state index is 0.00335. The van der Waals surface area contributed by atoms with Crippen molar-refractivity contribution in [2.24, 2.45) is 0 Å². The van der Waals surface area contributed by atoms with E-state index >= 15 is 0 Å². The molecular weight excluding hydrogens is 330 g/mol. The normalized spacial score (nSPS) is 22.2. The van der Waals surface area contributed by atoms with E-state index in [0.717, 1.165) is 32.3 Å². The SMILES string of the molecule is O=C(c1ccccn1)N1CCC2(CC1)CC(Nc1ncccn1)CCO2. The summed E-state index contributed by atoms with van der Waals surface area (Å²) >= 11 is 0. The Kier molecular flexibility index (Phi) is 4.79. The van der Waals surface area contributed by atoms with E-state index in [4.69, 9.17) is 4.74 Å². The van der Waals surface area contributed by atoms with Gasteiger partial charge in [-0.25, -0.2) is 9.97 Å². The highest BCUT2D eigenvalue weighted by molar-refractivity contribution is 5.92. The van der Waals surface area contributed by atoms with E-state index in [-0.39, 0.29) is 11.5 Å². The predicted molar refractivity (Wildman–Crippen MR) is 96.7 cm³/mol. The molecule has 7 nitrogen and oxygen atoms in total. The Bertz CT molecular complexity index is 732. The first-order valence-electron chi connectivity index (χ1n) is 9.12. The molecule has 2 fully saturated rings. The molecule has 0 aromatic carbocycles. The van der Waals surface area contributed by atoms with Gasteiger partial charge in [-0.2, -0.15) is 0 Å². The summed E-state index contributed by atoms with van der Waals surface area (Å²) in [6.07, 6.45) is 8.69. The van der Waals surface area contributed by atoms with Crippen LogP contribution in [0.3, 0.4) is 0 Å². The van der Waals surface area contributed by atoms with Crippen LogP contribution in [0.15, 0.2) is 42.9 Å². The molecule has 1 atom stereocenters. The number of carbonyl (C=O) groups excluding carboxylic acids is 1. The van der Waals surface area contributed by atoms with Crippen LogP contribution >= 0.6 is 0 Å². The Morgan fingerprint density at radius 1 is 1.12 bits per heavy atom. The van der Waals surface area contributed by atoms with Crippen LogP contribution in [0, 0.1) is 0 Å². The Labute approximate surface area is 152 Å². The van der Waals surface area contributed by atoms with Crippen molar-refractivity contribution in [3.8, 4) is 0 Å². The fourth-order valence-corrected chi connectivity index (χ4v) is 3.82. The number of nitrogens with zero attached hydrogens (tertiary/aromatic N) is 4. The lowest BCUT2D eigenvalue weighted by Gasteiger charge is -2.46. The largest absolute Gasteiger partial charge is 0.375 e. The van der Waals surface area contributed by atoms with Gasteiger partial charge in [-0.05, 0) is 43.9 Å². The van der Waals surface area contributed by atoms with Gasteiger partial charge in [0.15, 0.2) is 0 Å². The molecule has 26 heavy (non-hydrogen) atoms. The number of carbonyl (C=O) groups is 1. The van der Waals surface area contributed by atoms with Crippen LogP contribution in [0.25, 0.3) is 0 Å². The van der Waals surface area contributed by atoms with Gasteiger partial charge >= 0.3 is 0 Å². The Morgan fingerprint density at radius 3 is 2.62 bits per heavy atom. The third kappa shape index (κ3) is 3.67. The first kappa shape index (κ1) is 16.9. The molecule has 0 aliphatic carbocycles. The van der Waals surface area contributed by atoms with Crippen LogP contribution < -0.4 is 5.32 Å². The third-order valence-corrected chi connectivity index (χ3v) is 5.24. The van der Waals surface area contributed by atoms with Crippen molar-refractivity contribution in [1.82, 2.24) is 19.9 Å². The van der Waals surface area contributed by atoms with Crippen LogP contribution in [0.1, 0.15) is 36.2 Å². The molecule has 4 heterocycles. The van der Waals surface area contributed by atoms with Gasteiger partial charge < -0.3 is 15.0 Å². The van der Waals surface area contributed by atoms with Crippen molar-refractivity contribution in [3.05, 3.63) is 48.5 Å². The maximum absolute atomic E-state index is 12.6. The Balaban J connectivity index is 1.36. The Hall–Kier alpha value is -2.54. The second-order valence-corrected chi connectivity index (χ2v) is 6.95. The summed E-state index contributed by atoms with van der Waals surface area (Å²) < 4.78 is 6.17. The first-order chi connectivity index (χ1) is 12.7. The number of aromatic nitrogens is 3. The van der Waals surface area contributed by atoms with Crippen LogP contribution in [-0.4, -0.2) is 57.1 Å². The van der Waals surface area contributed by atoms with E-state index in [9.17, 15) is 4.79 Å². The average molecular weight is 353 g/mol. The highest BCUT2D eigenvalue weighted by atomic mass is 16.5. The number of amides is 1. The molecule has 0 radical (unpaired) electrons. The summed E-state index contributed by atoms with van der Waals surface area (Å²) in [4.78, 5) is 27.1. The lowest BCUT2D eigenvalue weighted by molar-refractivity contribution is -0.110. The van der Waals surface area contributed by atoms with Crippen LogP contribution in [0.2, 0.25) is 0 Å². The van der Waals surface area contributed by atoms with Crippen LogP contribution in [-0.2, 0) is 4.74 Å². The summed E-state index contributed by atoms with van der Waals surface area (Å²) in [6, 6.07) is 7.54. The minimum atomic E-state index is -0.161. The fraction of sp³-hybridized carbons (Fsp3) is 0.474. The van der Waals surface area contributed by atoms with E-state index in [1.807, 2.05) is 23.1 Å². The second kappa shape index (κ2) is 7.37. The Morgan fingerprint density at radius 2 is 1.88 bits per heavy atom. The fourth-order valence-electron chi connectivity index (χ4n) is 3.82. The number of rotatable bonds is 3. The number of ether oxygens (including phenoxy) is 1. The zero-order chi connectivity index (χ0) is 17.8. The lowest BCUT2D eigenvalue weighted by Crippen LogP contribution is -2.52. The number of piperidine rings is 1.